The fraction of sp³-hybridized carbons (Fsp3) is 0.0500. The quantitative estimate of drug-likeness (QED) is 0.693. The number of aryl methyl sites for hydroxylation is 1. The predicted molar refractivity (Wildman–Crippen MR) is 103 cm³/mol. The van der Waals surface area contributed by atoms with Crippen molar-refractivity contribution < 1.29 is 17.6 Å². The molecule has 0 unspecified atom stereocenters. The van der Waals surface area contributed by atoms with Crippen LogP contribution in [-0.2, 0) is 10.0 Å². The topological polar surface area (TPSA) is 75.3 Å². The summed E-state index contributed by atoms with van der Waals surface area (Å²) in [6.07, 6.45) is 0. The fourth-order valence-electron chi connectivity index (χ4n) is 2.41. The fourth-order valence-corrected chi connectivity index (χ4v) is 3.48. The van der Waals surface area contributed by atoms with E-state index in [4.69, 9.17) is 0 Å². The van der Waals surface area contributed by atoms with E-state index in [9.17, 15) is 17.6 Å². The molecular weight excluding hydrogens is 367 g/mol. The van der Waals surface area contributed by atoms with Gasteiger partial charge in [-0.3, -0.25) is 9.52 Å². The van der Waals surface area contributed by atoms with Crippen molar-refractivity contribution in [2.45, 2.75) is 11.8 Å². The number of sulfonamides is 1. The van der Waals surface area contributed by atoms with Crippen molar-refractivity contribution in [2.24, 2.45) is 0 Å². The molecule has 0 bridgehead atoms. The molecule has 3 aromatic carbocycles. The molecule has 0 heterocycles. The number of benzene rings is 3. The summed E-state index contributed by atoms with van der Waals surface area (Å²) in [5, 5.41) is 2.59. The van der Waals surface area contributed by atoms with Gasteiger partial charge in [0.2, 0.25) is 0 Å². The average Bonchev–Trinajstić information content (AvgIpc) is 2.65. The largest absolute Gasteiger partial charge is 0.322 e. The third-order valence-electron chi connectivity index (χ3n) is 3.86. The molecule has 0 fully saturated rings. The van der Waals surface area contributed by atoms with Gasteiger partial charge in [-0.2, -0.15) is 0 Å². The second-order valence-corrected chi connectivity index (χ2v) is 7.60. The Morgan fingerprint density at radius 2 is 1.63 bits per heavy atom. The van der Waals surface area contributed by atoms with Crippen molar-refractivity contribution in [3.8, 4) is 0 Å². The van der Waals surface area contributed by atoms with E-state index in [1.54, 1.807) is 55.5 Å². The van der Waals surface area contributed by atoms with E-state index in [2.05, 4.69) is 10.0 Å². The molecule has 0 aromatic heterocycles. The maximum Gasteiger partial charge on any atom is 0.261 e. The van der Waals surface area contributed by atoms with Gasteiger partial charge in [-0.05, 0) is 55.0 Å². The molecule has 0 aliphatic rings. The van der Waals surface area contributed by atoms with Crippen LogP contribution in [0.15, 0.2) is 77.7 Å². The molecule has 0 radical (unpaired) electrons. The zero-order valence-electron chi connectivity index (χ0n) is 14.4. The summed E-state index contributed by atoms with van der Waals surface area (Å²) < 4.78 is 40.8. The van der Waals surface area contributed by atoms with Gasteiger partial charge in [0.05, 0.1) is 4.90 Å². The van der Waals surface area contributed by atoms with E-state index in [0.29, 0.717) is 11.3 Å². The summed E-state index contributed by atoms with van der Waals surface area (Å²) in [5.74, 6) is -0.892. The smallest absolute Gasteiger partial charge is 0.261 e. The Hall–Kier alpha value is -3.19. The molecular formula is C20H17FN2O3S. The maximum absolute atomic E-state index is 13.6. The van der Waals surface area contributed by atoms with Crippen LogP contribution in [0.25, 0.3) is 0 Å². The van der Waals surface area contributed by atoms with Crippen molar-refractivity contribution in [1.29, 1.82) is 0 Å². The normalized spacial score (nSPS) is 11.0. The highest BCUT2D eigenvalue weighted by Gasteiger charge is 2.15. The highest BCUT2D eigenvalue weighted by atomic mass is 32.2. The van der Waals surface area contributed by atoms with Crippen molar-refractivity contribution in [3.63, 3.8) is 0 Å². The van der Waals surface area contributed by atoms with Crippen LogP contribution in [0.2, 0.25) is 0 Å². The lowest BCUT2D eigenvalue weighted by Crippen LogP contribution is -2.15. The molecule has 7 heteroatoms. The third-order valence-corrected chi connectivity index (χ3v) is 5.26. The molecule has 5 nitrogen and oxygen atoms in total. The lowest BCUT2D eigenvalue weighted by molar-refractivity contribution is 0.102. The van der Waals surface area contributed by atoms with Gasteiger partial charge in [0.25, 0.3) is 15.9 Å². The highest BCUT2D eigenvalue weighted by Crippen LogP contribution is 2.19. The molecule has 3 rings (SSSR count). The first-order valence-electron chi connectivity index (χ1n) is 8.10. The van der Waals surface area contributed by atoms with Crippen LogP contribution in [0.1, 0.15) is 15.9 Å². The summed E-state index contributed by atoms with van der Waals surface area (Å²) >= 11 is 0. The number of hydrogen-bond donors (Lipinski definition) is 2. The number of carbonyl (C=O) groups excluding carboxylic acids is 1. The number of hydrogen-bond acceptors (Lipinski definition) is 3. The minimum Gasteiger partial charge on any atom is -0.322 e. The van der Waals surface area contributed by atoms with E-state index in [1.807, 2.05) is 0 Å². The van der Waals surface area contributed by atoms with Crippen LogP contribution in [0.3, 0.4) is 0 Å². The van der Waals surface area contributed by atoms with Crippen molar-refractivity contribution >= 4 is 27.3 Å². The van der Waals surface area contributed by atoms with Gasteiger partial charge < -0.3 is 5.32 Å². The van der Waals surface area contributed by atoms with Crippen LogP contribution in [0.5, 0.6) is 0 Å². The van der Waals surface area contributed by atoms with Crippen LogP contribution >= 0.6 is 0 Å². The van der Waals surface area contributed by atoms with Crippen LogP contribution in [0, 0.1) is 12.7 Å². The van der Waals surface area contributed by atoms with Gasteiger partial charge in [-0.1, -0.05) is 30.3 Å². The van der Waals surface area contributed by atoms with Crippen LogP contribution in [0.4, 0.5) is 15.8 Å². The molecule has 0 aliphatic carbocycles. The Balaban J connectivity index is 1.79. The van der Waals surface area contributed by atoms with Gasteiger partial charge in [0.1, 0.15) is 5.82 Å². The first-order chi connectivity index (χ1) is 12.8. The van der Waals surface area contributed by atoms with E-state index < -0.39 is 21.7 Å². The first kappa shape index (κ1) is 18.6. The number of anilines is 2. The zero-order chi connectivity index (χ0) is 19.4. The Labute approximate surface area is 156 Å². The van der Waals surface area contributed by atoms with Gasteiger partial charge in [-0.25, -0.2) is 12.8 Å². The minimum absolute atomic E-state index is 0.120. The Bertz CT molecular complexity index is 1080. The summed E-state index contributed by atoms with van der Waals surface area (Å²) in [5.41, 5.74) is 1.29. The number of carbonyl (C=O) groups is 1. The average molecular weight is 384 g/mol. The van der Waals surface area contributed by atoms with Crippen molar-refractivity contribution in [2.75, 3.05) is 10.0 Å². The lowest BCUT2D eigenvalue weighted by Gasteiger charge is -2.10. The predicted octanol–water partition coefficient (Wildman–Crippen LogP) is 4.19. The number of halogens is 1. The first-order valence-corrected chi connectivity index (χ1v) is 9.59. The molecule has 0 aliphatic heterocycles. The molecule has 0 spiro atoms. The number of rotatable bonds is 5. The third kappa shape index (κ3) is 4.51. The molecule has 27 heavy (non-hydrogen) atoms. The molecule has 2 N–H and O–H groups in total. The second kappa shape index (κ2) is 7.59. The Morgan fingerprint density at radius 3 is 2.33 bits per heavy atom. The monoisotopic (exact) mass is 384 g/mol. The van der Waals surface area contributed by atoms with Crippen LogP contribution < -0.4 is 10.0 Å². The summed E-state index contributed by atoms with van der Waals surface area (Å²) in [4.78, 5) is 12.5. The van der Waals surface area contributed by atoms with Gasteiger partial charge in [0.15, 0.2) is 0 Å². The Morgan fingerprint density at radius 1 is 0.889 bits per heavy atom. The van der Waals surface area contributed by atoms with E-state index in [-0.39, 0.29) is 16.1 Å². The minimum atomic E-state index is -3.76. The molecule has 0 saturated carbocycles. The van der Waals surface area contributed by atoms with Gasteiger partial charge in [0, 0.05) is 16.9 Å². The highest BCUT2D eigenvalue weighted by molar-refractivity contribution is 7.92. The summed E-state index contributed by atoms with van der Waals surface area (Å²) in [7, 11) is -3.76. The number of nitrogens with one attached hydrogen (secondary N) is 2. The maximum atomic E-state index is 13.6. The summed E-state index contributed by atoms with van der Waals surface area (Å²) in [6, 6.07) is 18.4. The molecule has 3 aromatic rings. The molecule has 1 amide bonds. The Kier molecular flexibility index (Phi) is 5.23. The van der Waals surface area contributed by atoms with Gasteiger partial charge >= 0.3 is 0 Å². The van der Waals surface area contributed by atoms with Gasteiger partial charge in [-0.15, -0.1) is 0 Å². The van der Waals surface area contributed by atoms with Crippen molar-refractivity contribution in [1.82, 2.24) is 0 Å². The van der Waals surface area contributed by atoms with Crippen LogP contribution in [-0.4, -0.2) is 14.3 Å². The molecule has 0 atom stereocenters. The standard InChI is InChI=1S/C20H17FN2O3S/c1-14-10-11-16(13-19(14)21)22-20(24)15-6-5-7-17(12-15)23-27(25,26)18-8-3-2-4-9-18/h2-13,23H,1H3,(H,22,24). The van der Waals surface area contributed by atoms with Crippen molar-refractivity contribution in [3.05, 3.63) is 89.7 Å². The second-order valence-electron chi connectivity index (χ2n) is 5.92. The van der Waals surface area contributed by atoms with E-state index >= 15 is 0 Å². The number of amides is 1. The lowest BCUT2D eigenvalue weighted by atomic mass is 10.1. The van der Waals surface area contributed by atoms with E-state index in [1.165, 1.54) is 24.3 Å². The SMILES string of the molecule is Cc1ccc(NC(=O)c2cccc(NS(=O)(=O)c3ccccc3)c2)cc1F. The van der Waals surface area contributed by atoms with E-state index in [0.717, 1.165) is 0 Å². The summed E-state index contributed by atoms with van der Waals surface area (Å²) in [6.45, 7) is 1.63. The molecule has 0 saturated heterocycles. The molecule has 138 valence electrons. The zero-order valence-corrected chi connectivity index (χ0v) is 15.3.